The van der Waals surface area contributed by atoms with E-state index in [0.717, 1.165) is 0 Å². The number of rotatable bonds is 5. The van der Waals surface area contributed by atoms with Crippen LogP contribution in [0.4, 0.5) is 0 Å². The maximum absolute atomic E-state index is 11.6. The number of aromatic nitrogens is 2. The first-order chi connectivity index (χ1) is 7.45. The van der Waals surface area contributed by atoms with Gasteiger partial charge in [0, 0.05) is 12.5 Å². The standard InChI is InChI=1S/C7H13N5O3S/c1-5(2-6(8)11-13)12-16(14,15)7-3-9-4-10-7/h3-5,12-13H,2H2,1H3,(H2,8,11)(H,9,10). The van der Waals surface area contributed by atoms with E-state index in [1.54, 1.807) is 6.92 Å². The van der Waals surface area contributed by atoms with Gasteiger partial charge in [0.2, 0.25) is 0 Å². The highest BCUT2D eigenvalue weighted by Crippen LogP contribution is 2.04. The second-order valence-corrected chi connectivity index (χ2v) is 4.92. The maximum Gasteiger partial charge on any atom is 0.257 e. The highest BCUT2D eigenvalue weighted by Gasteiger charge is 2.19. The summed E-state index contributed by atoms with van der Waals surface area (Å²) >= 11 is 0. The van der Waals surface area contributed by atoms with Crippen LogP contribution in [0.2, 0.25) is 0 Å². The molecule has 90 valence electrons. The number of aromatic amines is 1. The third-order valence-electron chi connectivity index (χ3n) is 1.76. The Bertz CT molecular complexity index is 452. The first-order valence-corrected chi connectivity index (χ1v) is 5.91. The van der Waals surface area contributed by atoms with E-state index in [1.807, 2.05) is 0 Å². The van der Waals surface area contributed by atoms with Crippen molar-refractivity contribution in [3.63, 3.8) is 0 Å². The van der Waals surface area contributed by atoms with Crippen LogP contribution in [0.5, 0.6) is 0 Å². The van der Waals surface area contributed by atoms with Gasteiger partial charge in [-0.1, -0.05) is 5.16 Å². The molecule has 5 N–H and O–H groups in total. The van der Waals surface area contributed by atoms with Gasteiger partial charge in [-0.15, -0.1) is 0 Å². The summed E-state index contributed by atoms with van der Waals surface area (Å²) in [6.45, 7) is 1.60. The van der Waals surface area contributed by atoms with Gasteiger partial charge < -0.3 is 15.9 Å². The van der Waals surface area contributed by atoms with Gasteiger partial charge in [-0.05, 0) is 6.92 Å². The minimum atomic E-state index is -3.63. The lowest BCUT2D eigenvalue weighted by molar-refractivity contribution is 0.316. The molecule has 0 radical (unpaired) electrons. The number of oxime groups is 1. The molecule has 0 amide bonds. The van der Waals surface area contributed by atoms with E-state index in [1.165, 1.54) is 12.5 Å². The lowest BCUT2D eigenvalue weighted by Gasteiger charge is -2.11. The molecule has 1 aromatic rings. The van der Waals surface area contributed by atoms with Gasteiger partial charge in [0.1, 0.15) is 5.84 Å². The van der Waals surface area contributed by atoms with Crippen LogP contribution in [0.1, 0.15) is 13.3 Å². The van der Waals surface area contributed by atoms with E-state index in [9.17, 15) is 8.42 Å². The molecular formula is C7H13N5O3S. The number of hydrogen-bond acceptors (Lipinski definition) is 5. The summed E-state index contributed by atoms with van der Waals surface area (Å²) in [5.74, 6) is -0.0418. The number of amidine groups is 1. The summed E-state index contributed by atoms with van der Waals surface area (Å²) in [7, 11) is -3.63. The molecule has 1 atom stereocenters. The summed E-state index contributed by atoms with van der Waals surface area (Å²) in [4.78, 5) is 6.09. The zero-order valence-electron chi connectivity index (χ0n) is 8.58. The summed E-state index contributed by atoms with van der Waals surface area (Å²) in [5.41, 5.74) is 5.26. The second-order valence-electron chi connectivity index (χ2n) is 3.23. The van der Waals surface area contributed by atoms with Crippen molar-refractivity contribution in [2.24, 2.45) is 10.9 Å². The number of sulfonamides is 1. The van der Waals surface area contributed by atoms with Crippen molar-refractivity contribution >= 4 is 15.9 Å². The predicted molar refractivity (Wildman–Crippen MR) is 56.4 cm³/mol. The average molecular weight is 247 g/mol. The molecular weight excluding hydrogens is 234 g/mol. The normalized spacial score (nSPS) is 14.9. The van der Waals surface area contributed by atoms with Gasteiger partial charge in [0.25, 0.3) is 10.0 Å². The Labute approximate surface area is 92.6 Å². The van der Waals surface area contributed by atoms with Gasteiger partial charge in [0.15, 0.2) is 5.03 Å². The molecule has 1 heterocycles. The Morgan fingerprint density at radius 3 is 3.00 bits per heavy atom. The number of H-pyrrole nitrogens is 1. The topological polar surface area (TPSA) is 133 Å². The Morgan fingerprint density at radius 2 is 2.50 bits per heavy atom. The molecule has 0 aliphatic carbocycles. The molecule has 0 fully saturated rings. The Balaban J connectivity index is 2.67. The molecule has 9 heteroatoms. The monoisotopic (exact) mass is 247 g/mol. The number of hydrogen-bond donors (Lipinski definition) is 4. The van der Waals surface area contributed by atoms with Crippen molar-refractivity contribution in [3.8, 4) is 0 Å². The molecule has 8 nitrogen and oxygen atoms in total. The minimum Gasteiger partial charge on any atom is -0.409 e. The van der Waals surface area contributed by atoms with E-state index < -0.39 is 16.1 Å². The third-order valence-corrected chi connectivity index (χ3v) is 3.28. The lowest BCUT2D eigenvalue weighted by atomic mass is 10.2. The van der Waals surface area contributed by atoms with Gasteiger partial charge in [-0.3, -0.25) is 0 Å². The first-order valence-electron chi connectivity index (χ1n) is 4.43. The number of nitrogens with one attached hydrogen (secondary N) is 2. The fraction of sp³-hybridized carbons (Fsp3) is 0.429. The largest absolute Gasteiger partial charge is 0.409 e. The number of nitrogens with zero attached hydrogens (tertiary/aromatic N) is 2. The van der Waals surface area contributed by atoms with Crippen LogP contribution >= 0.6 is 0 Å². The highest BCUT2D eigenvalue weighted by molar-refractivity contribution is 7.89. The SMILES string of the molecule is CC(CC(N)=NO)NS(=O)(=O)c1cnc[nH]1. The predicted octanol–water partition coefficient (Wildman–Crippen LogP) is -0.787. The number of imidazole rings is 1. The third kappa shape index (κ3) is 3.21. The molecule has 0 saturated heterocycles. The van der Waals surface area contributed by atoms with Crippen LogP contribution in [-0.2, 0) is 10.0 Å². The Kier molecular flexibility index (Phi) is 3.85. The van der Waals surface area contributed by atoms with Gasteiger partial charge in [0.05, 0.1) is 12.5 Å². The first kappa shape index (κ1) is 12.5. The molecule has 16 heavy (non-hydrogen) atoms. The van der Waals surface area contributed by atoms with E-state index in [0.29, 0.717) is 0 Å². The fourth-order valence-corrected chi connectivity index (χ4v) is 2.26. The summed E-state index contributed by atoms with van der Waals surface area (Å²) in [6.07, 6.45) is 2.57. The maximum atomic E-state index is 11.6. The molecule has 0 bridgehead atoms. The summed E-state index contributed by atoms with van der Waals surface area (Å²) in [6, 6.07) is -0.482. The Hall–Kier alpha value is -1.61. The Morgan fingerprint density at radius 1 is 1.81 bits per heavy atom. The van der Waals surface area contributed by atoms with Crippen LogP contribution < -0.4 is 10.5 Å². The van der Waals surface area contributed by atoms with Crippen molar-refractivity contribution in [3.05, 3.63) is 12.5 Å². The molecule has 0 aliphatic rings. The van der Waals surface area contributed by atoms with Gasteiger partial charge in [-0.2, -0.15) is 0 Å². The molecule has 0 saturated carbocycles. The molecule has 1 aromatic heterocycles. The van der Waals surface area contributed by atoms with Crippen LogP contribution in [0.25, 0.3) is 0 Å². The van der Waals surface area contributed by atoms with E-state index in [-0.39, 0.29) is 17.3 Å². The van der Waals surface area contributed by atoms with Crippen molar-refractivity contribution < 1.29 is 13.6 Å². The van der Waals surface area contributed by atoms with Crippen LogP contribution in [0.3, 0.4) is 0 Å². The van der Waals surface area contributed by atoms with Crippen molar-refractivity contribution in [1.29, 1.82) is 0 Å². The molecule has 0 aromatic carbocycles. The quantitative estimate of drug-likeness (QED) is 0.234. The second kappa shape index (κ2) is 4.94. The molecule has 0 spiro atoms. The van der Waals surface area contributed by atoms with Crippen molar-refractivity contribution in [1.82, 2.24) is 14.7 Å². The zero-order chi connectivity index (χ0) is 12.2. The van der Waals surface area contributed by atoms with Gasteiger partial charge in [-0.25, -0.2) is 18.1 Å². The smallest absolute Gasteiger partial charge is 0.257 e. The van der Waals surface area contributed by atoms with E-state index >= 15 is 0 Å². The van der Waals surface area contributed by atoms with Crippen molar-refractivity contribution in [2.75, 3.05) is 0 Å². The average Bonchev–Trinajstić information content (AvgIpc) is 2.69. The molecule has 1 unspecified atom stereocenters. The van der Waals surface area contributed by atoms with E-state index in [4.69, 9.17) is 10.9 Å². The number of nitrogens with two attached hydrogens (primary N) is 1. The highest BCUT2D eigenvalue weighted by atomic mass is 32.2. The molecule has 1 rings (SSSR count). The van der Waals surface area contributed by atoms with E-state index in [2.05, 4.69) is 19.8 Å². The van der Waals surface area contributed by atoms with Crippen LogP contribution in [-0.4, -0.2) is 35.5 Å². The fourth-order valence-electron chi connectivity index (χ4n) is 1.11. The minimum absolute atomic E-state index is 0.0288. The van der Waals surface area contributed by atoms with Crippen molar-refractivity contribution in [2.45, 2.75) is 24.4 Å². The van der Waals surface area contributed by atoms with Crippen LogP contribution in [0, 0.1) is 0 Å². The van der Waals surface area contributed by atoms with Crippen LogP contribution in [0.15, 0.2) is 22.7 Å². The zero-order valence-corrected chi connectivity index (χ0v) is 9.40. The lowest BCUT2D eigenvalue weighted by Crippen LogP contribution is -2.35. The molecule has 0 aliphatic heterocycles. The van der Waals surface area contributed by atoms with Gasteiger partial charge >= 0.3 is 0 Å². The summed E-state index contributed by atoms with van der Waals surface area (Å²) < 4.78 is 25.6. The summed E-state index contributed by atoms with van der Waals surface area (Å²) in [5, 5.41) is 11.1.